The van der Waals surface area contributed by atoms with E-state index in [1.807, 2.05) is 5.32 Å². The van der Waals surface area contributed by atoms with Crippen molar-refractivity contribution in [2.75, 3.05) is 11.9 Å². The molecule has 0 aliphatic heterocycles. The second-order valence-corrected chi connectivity index (χ2v) is 8.84. The lowest BCUT2D eigenvalue weighted by atomic mass is 10.1. The van der Waals surface area contributed by atoms with Gasteiger partial charge in [-0.05, 0) is 32.0 Å². The van der Waals surface area contributed by atoms with Gasteiger partial charge in [0.05, 0.1) is 17.7 Å². The number of rotatable bonds is 8. The van der Waals surface area contributed by atoms with Gasteiger partial charge >= 0.3 is 12.1 Å². The summed E-state index contributed by atoms with van der Waals surface area (Å²) < 4.78 is 72.2. The first-order chi connectivity index (χ1) is 14.7. The number of imidazole rings is 1. The van der Waals surface area contributed by atoms with Crippen molar-refractivity contribution in [3.8, 4) is 0 Å². The molecule has 0 spiro atoms. The highest BCUT2D eigenvalue weighted by Crippen LogP contribution is 2.36. The van der Waals surface area contributed by atoms with E-state index in [0.29, 0.717) is 11.9 Å². The molecule has 2 rings (SSSR count). The predicted molar refractivity (Wildman–Crippen MR) is 108 cm³/mol. The van der Waals surface area contributed by atoms with Crippen LogP contribution in [0.2, 0.25) is 5.02 Å². The molecule has 0 aliphatic rings. The summed E-state index contributed by atoms with van der Waals surface area (Å²) in [5, 5.41) is 1.65. The van der Waals surface area contributed by atoms with Gasteiger partial charge in [0.15, 0.2) is 11.1 Å². The third kappa shape index (κ3) is 6.68. The zero-order chi connectivity index (χ0) is 24.3. The van der Waals surface area contributed by atoms with Crippen LogP contribution in [0.25, 0.3) is 0 Å². The van der Waals surface area contributed by atoms with E-state index in [9.17, 15) is 31.2 Å². The predicted octanol–water partition coefficient (Wildman–Crippen LogP) is 2.64. The lowest BCUT2D eigenvalue weighted by molar-refractivity contribution is -0.153. The molecule has 176 valence electrons. The summed E-state index contributed by atoms with van der Waals surface area (Å²) in [6.45, 7) is 2.45. The highest BCUT2D eigenvalue weighted by Gasteiger charge is 2.34. The zero-order valence-corrected chi connectivity index (χ0v) is 18.7. The number of ether oxygens (including phenoxy) is 1. The minimum atomic E-state index is -4.77. The first-order valence-corrected chi connectivity index (χ1v) is 10.9. The quantitative estimate of drug-likeness (QED) is 0.542. The molecule has 0 radical (unpaired) electrons. The number of nitrogens with zero attached hydrogens (tertiary/aromatic N) is 2. The van der Waals surface area contributed by atoms with Crippen LogP contribution in [0.15, 0.2) is 29.4 Å². The zero-order valence-electron chi connectivity index (χ0n) is 17.2. The Morgan fingerprint density at radius 2 is 1.97 bits per heavy atom. The largest absolute Gasteiger partial charge is 0.452 e. The molecule has 2 N–H and O–H groups in total. The van der Waals surface area contributed by atoms with Crippen LogP contribution < -0.4 is 10.0 Å². The van der Waals surface area contributed by atoms with Gasteiger partial charge in [0.1, 0.15) is 5.82 Å². The molecular weight excluding hydrogens is 477 g/mol. The van der Waals surface area contributed by atoms with Gasteiger partial charge in [-0.25, -0.2) is 18.1 Å². The maximum atomic E-state index is 13.1. The summed E-state index contributed by atoms with van der Waals surface area (Å²) >= 11 is 5.58. The standard InChI is InChI=1S/C18H20ClF3N4O5S/c1-10(17(28)25-14-5-4-12(19)8-13(14)18(20,21)22)31-16(27)6-7-23-32(29,30)15-9-26(3)11(2)24-15/h4-5,8-10,23H,6-7H2,1-3H3,(H,25,28). The van der Waals surface area contributed by atoms with Gasteiger partial charge in [0.2, 0.25) is 0 Å². The first-order valence-electron chi connectivity index (χ1n) is 9.07. The summed E-state index contributed by atoms with van der Waals surface area (Å²) in [4.78, 5) is 27.9. The van der Waals surface area contributed by atoms with Crippen molar-refractivity contribution < 1.29 is 35.9 Å². The van der Waals surface area contributed by atoms with Gasteiger partial charge in [-0.3, -0.25) is 9.59 Å². The molecule has 1 amide bonds. The van der Waals surface area contributed by atoms with Crippen LogP contribution in [-0.2, 0) is 37.6 Å². The molecule has 2 aromatic rings. The minimum Gasteiger partial charge on any atom is -0.452 e. The lowest BCUT2D eigenvalue weighted by Gasteiger charge is -2.17. The van der Waals surface area contributed by atoms with Gasteiger partial charge in [0.25, 0.3) is 15.9 Å². The fourth-order valence-corrected chi connectivity index (χ4v) is 3.66. The Bertz CT molecular complexity index is 1100. The second-order valence-electron chi connectivity index (χ2n) is 6.69. The monoisotopic (exact) mass is 496 g/mol. The number of amides is 1. The molecule has 1 heterocycles. The number of hydrogen-bond donors (Lipinski definition) is 2. The number of aryl methyl sites for hydroxylation is 2. The maximum absolute atomic E-state index is 13.1. The molecule has 0 saturated heterocycles. The van der Waals surface area contributed by atoms with Crippen LogP contribution in [0, 0.1) is 6.92 Å². The van der Waals surface area contributed by atoms with Crippen molar-refractivity contribution in [2.45, 2.75) is 37.6 Å². The Hall–Kier alpha value is -2.64. The Balaban J connectivity index is 1.91. The third-order valence-electron chi connectivity index (χ3n) is 4.21. The Morgan fingerprint density at radius 3 is 2.53 bits per heavy atom. The van der Waals surface area contributed by atoms with Crippen LogP contribution in [-0.4, -0.2) is 42.5 Å². The van der Waals surface area contributed by atoms with E-state index in [1.165, 1.54) is 10.8 Å². The average molecular weight is 497 g/mol. The van der Waals surface area contributed by atoms with E-state index in [-0.39, 0.29) is 16.6 Å². The van der Waals surface area contributed by atoms with Crippen LogP contribution in [0.5, 0.6) is 0 Å². The third-order valence-corrected chi connectivity index (χ3v) is 5.77. The van der Waals surface area contributed by atoms with Crippen molar-refractivity contribution in [2.24, 2.45) is 7.05 Å². The van der Waals surface area contributed by atoms with Crippen LogP contribution in [0.4, 0.5) is 18.9 Å². The number of sulfonamides is 1. The van der Waals surface area contributed by atoms with Crippen LogP contribution in [0.1, 0.15) is 24.7 Å². The molecule has 14 heteroatoms. The SMILES string of the molecule is Cc1nc(S(=O)(=O)NCCC(=O)OC(C)C(=O)Nc2ccc(Cl)cc2C(F)(F)F)cn1C. The van der Waals surface area contributed by atoms with Crippen molar-refractivity contribution >= 4 is 39.2 Å². The number of anilines is 1. The highest BCUT2D eigenvalue weighted by molar-refractivity contribution is 7.89. The summed E-state index contributed by atoms with van der Waals surface area (Å²) in [6.07, 6.45) is -5.32. The van der Waals surface area contributed by atoms with E-state index in [2.05, 4.69) is 9.71 Å². The topological polar surface area (TPSA) is 119 Å². The Morgan fingerprint density at radius 1 is 1.31 bits per heavy atom. The smallest absolute Gasteiger partial charge is 0.418 e. The number of aromatic nitrogens is 2. The number of carbonyl (C=O) groups is 2. The number of carbonyl (C=O) groups excluding carboxylic acids is 2. The van der Waals surface area contributed by atoms with Crippen molar-refractivity contribution in [1.29, 1.82) is 0 Å². The minimum absolute atomic E-state index is 0.168. The molecule has 1 atom stereocenters. The summed E-state index contributed by atoms with van der Waals surface area (Å²) in [5.74, 6) is -1.46. The van der Waals surface area contributed by atoms with E-state index in [1.54, 1.807) is 14.0 Å². The van der Waals surface area contributed by atoms with Gasteiger partial charge in [0, 0.05) is 24.8 Å². The summed E-state index contributed by atoms with van der Waals surface area (Å²) in [5.41, 5.74) is -1.70. The fourth-order valence-electron chi connectivity index (χ4n) is 2.42. The maximum Gasteiger partial charge on any atom is 0.418 e. The van der Waals surface area contributed by atoms with Crippen molar-refractivity contribution in [1.82, 2.24) is 14.3 Å². The van der Waals surface area contributed by atoms with Crippen LogP contribution >= 0.6 is 11.6 Å². The van der Waals surface area contributed by atoms with E-state index in [0.717, 1.165) is 19.1 Å². The van der Waals surface area contributed by atoms with E-state index >= 15 is 0 Å². The molecule has 1 unspecified atom stereocenters. The van der Waals surface area contributed by atoms with Gasteiger partial charge in [-0.2, -0.15) is 13.2 Å². The number of alkyl halides is 3. The number of halogens is 4. The Kier molecular flexibility index (Phi) is 7.91. The van der Waals surface area contributed by atoms with Gasteiger partial charge < -0.3 is 14.6 Å². The van der Waals surface area contributed by atoms with E-state index < -0.39 is 51.9 Å². The summed E-state index contributed by atoms with van der Waals surface area (Å²) in [7, 11) is -2.33. The number of benzene rings is 1. The molecule has 0 aliphatic carbocycles. The van der Waals surface area contributed by atoms with Gasteiger partial charge in [-0.1, -0.05) is 11.6 Å². The summed E-state index contributed by atoms with van der Waals surface area (Å²) in [6, 6.07) is 2.80. The van der Waals surface area contributed by atoms with E-state index in [4.69, 9.17) is 16.3 Å². The fraction of sp³-hybridized carbons (Fsp3) is 0.389. The molecule has 1 aromatic carbocycles. The molecule has 0 fully saturated rings. The molecule has 0 bridgehead atoms. The second kappa shape index (κ2) is 9.88. The lowest BCUT2D eigenvalue weighted by Crippen LogP contribution is -2.32. The molecule has 1 aromatic heterocycles. The number of nitrogens with one attached hydrogen (secondary N) is 2. The van der Waals surface area contributed by atoms with Gasteiger partial charge in [-0.15, -0.1) is 0 Å². The van der Waals surface area contributed by atoms with Crippen molar-refractivity contribution in [3.63, 3.8) is 0 Å². The molecule has 0 saturated carbocycles. The highest BCUT2D eigenvalue weighted by atomic mass is 35.5. The molecular formula is C18H20ClF3N4O5S. The van der Waals surface area contributed by atoms with Crippen LogP contribution in [0.3, 0.4) is 0 Å². The molecule has 32 heavy (non-hydrogen) atoms. The van der Waals surface area contributed by atoms with Crippen molar-refractivity contribution in [3.05, 3.63) is 40.8 Å². The number of hydrogen-bond acceptors (Lipinski definition) is 6. The number of esters is 1. The molecule has 9 nitrogen and oxygen atoms in total. The first kappa shape index (κ1) is 25.6. The normalized spacial score (nSPS) is 13.0. The Labute approximate surface area is 187 Å². The average Bonchev–Trinajstić information content (AvgIpc) is 3.01.